The maximum atomic E-state index is 15.4. The minimum absolute atomic E-state index is 0.0182. The molecule has 0 unspecified atom stereocenters. The molecular formula is C51H71FN14O9. The lowest BCUT2D eigenvalue weighted by Crippen LogP contribution is -2.58. The van der Waals surface area contributed by atoms with Crippen LogP contribution in [0.2, 0.25) is 0 Å². The van der Waals surface area contributed by atoms with Crippen LogP contribution in [0.1, 0.15) is 95.1 Å². The van der Waals surface area contributed by atoms with Crippen molar-refractivity contribution in [1.29, 1.82) is 0 Å². The number of aromatic nitrogens is 1. The lowest BCUT2D eigenvalue weighted by atomic mass is 9.83. The van der Waals surface area contributed by atoms with Gasteiger partial charge >= 0.3 is 0 Å². The number of halogens is 1. The standard InChI is InChI=1S/C51H71FN14O9/c1-29(67)62-38(17-9-21-60-51(56)57)47(73)65-40-27-44(70)58-19-7-6-16-37(45(53)71)63-46(72)32(23-33-28-61-36-15-5-3-13-34(33)36)26-42(68)31(12-8-20-59-50(54)55)25-43(69)39(24-30-11-2-4-14-35(30)52)64-48(74)41-18-10-22-66(41)49(40)75/h2-5,11,13-15,28,31-32,37-41,61H,6-10,12,16-27H2,1H3,(H2,53,71)(H,58,70)(H,62,67)(H,63,72)(H,64,74)(H,65,73)(H4,54,55,59)(H4,56,57,60)/t31-,32-,37+,38+,39-,40+,41+/m1/s1. The molecule has 2 saturated heterocycles. The van der Waals surface area contributed by atoms with E-state index in [0.29, 0.717) is 12.0 Å². The van der Waals surface area contributed by atoms with E-state index in [0.717, 1.165) is 10.9 Å². The van der Waals surface area contributed by atoms with E-state index in [1.54, 1.807) is 12.3 Å². The highest BCUT2D eigenvalue weighted by Crippen LogP contribution is 2.27. The number of hydrogen-bond acceptors (Lipinski definition) is 11. The number of fused-ring (bicyclic) bond motifs is 2. The predicted molar refractivity (Wildman–Crippen MR) is 277 cm³/mol. The summed E-state index contributed by atoms with van der Waals surface area (Å²) in [4.78, 5) is 138. The van der Waals surface area contributed by atoms with Gasteiger partial charge in [-0.3, -0.25) is 53.1 Å². The van der Waals surface area contributed by atoms with Gasteiger partial charge in [-0.15, -0.1) is 0 Å². The minimum atomic E-state index is -1.56. The third-order valence-corrected chi connectivity index (χ3v) is 13.3. The summed E-state index contributed by atoms with van der Waals surface area (Å²) in [6.45, 7) is 1.48. The molecule has 0 aliphatic carbocycles. The zero-order valence-electron chi connectivity index (χ0n) is 42.2. The number of primary amides is 1. The molecular weight excluding hydrogens is 972 g/mol. The van der Waals surface area contributed by atoms with Crippen molar-refractivity contribution in [3.8, 4) is 0 Å². The molecule has 0 bridgehead atoms. The van der Waals surface area contributed by atoms with Gasteiger partial charge in [0.05, 0.1) is 12.5 Å². The molecule has 2 aliphatic rings. The van der Waals surface area contributed by atoms with E-state index in [-0.39, 0.29) is 114 Å². The van der Waals surface area contributed by atoms with Gasteiger partial charge in [-0.25, -0.2) is 4.39 Å². The van der Waals surface area contributed by atoms with Crippen LogP contribution in [0.4, 0.5) is 4.39 Å². The van der Waals surface area contributed by atoms with Gasteiger partial charge in [0.1, 0.15) is 35.8 Å². The normalized spacial score (nSPS) is 22.2. The topological polar surface area (TPSA) is 388 Å². The number of nitrogens with two attached hydrogens (primary N) is 5. The van der Waals surface area contributed by atoms with Crippen molar-refractivity contribution in [2.75, 3.05) is 26.2 Å². The number of H-pyrrole nitrogens is 1. The monoisotopic (exact) mass is 1040 g/mol. The number of carbonyl (C=O) groups is 9. The number of guanidine groups is 2. The van der Waals surface area contributed by atoms with Crippen LogP contribution in [0.25, 0.3) is 10.9 Å². The molecule has 7 amide bonds. The Morgan fingerprint density at radius 1 is 0.773 bits per heavy atom. The van der Waals surface area contributed by atoms with E-state index in [1.165, 1.54) is 30.0 Å². The Kier molecular flexibility index (Phi) is 22.0. The van der Waals surface area contributed by atoms with Crippen molar-refractivity contribution < 1.29 is 47.5 Å². The molecule has 3 aromatic rings. The maximum absolute atomic E-state index is 15.4. The first kappa shape index (κ1) is 58.0. The highest BCUT2D eigenvalue weighted by molar-refractivity contribution is 5.99. The summed E-state index contributed by atoms with van der Waals surface area (Å²) in [6.07, 6.45) is 1.61. The van der Waals surface area contributed by atoms with Crippen LogP contribution in [0.15, 0.2) is 64.7 Å². The van der Waals surface area contributed by atoms with Crippen LogP contribution >= 0.6 is 0 Å². The molecule has 24 heteroatoms. The average Bonchev–Trinajstić information content (AvgIpc) is 4.02. The van der Waals surface area contributed by atoms with Crippen LogP contribution in [0.5, 0.6) is 0 Å². The SMILES string of the molecule is CC(=O)N[C@@H](CCCN=C(N)N)C(=O)N[C@H]1CC(=O)NCCCC[C@@H](C(N)=O)NC(=O)[C@H](Cc2c[nH]c3ccccc23)CC(=O)[C@H](CCCN=C(N)N)CC(=O)[C@@H](Cc2ccccc2F)NC(=O)[C@@H]2CCCN2C1=O. The first-order valence-electron chi connectivity index (χ1n) is 25.3. The zero-order valence-corrected chi connectivity index (χ0v) is 42.2. The number of rotatable bonds is 16. The van der Waals surface area contributed by atoms with Crippen LogP contribution in [0, 0.1) is 17.7 Å². The third kappa shape index (κ3) is 17.9. The number of Topliss-reactive ketones (excluding diaryl/α,β-unsaturated/α-hetero) is 2. The van der Waals surface area contributed by atoms with Gasteiger partial charge in [0.15, 0.2) is 17.7 Å². The average molecular weight is 1040 g/mol. The van der Waals surface area contributed by atoms with E-state index in [9.17, 15) is 43.2 Å². The predicted octanol–water partition coefficient (Wildman–Crippen LogP) is -0.524. The summed E-state index contributed by atoms with van der Waals surface area (Å²) in [6, 6.07) is 6.46. The molecule has 2 aliphatic heterocycles. The highest BCUT2D eigenvalue weighted by atomic mass is 19.1. The van der Waals surface area contributed by atoms with Crippen molar-refractivity contribution in [2.24, 2.45) is 50.5 Å². The van der Waals surface area contributed by atoms with Crippen LogP contribution in [-0.2, 0) is 56.0 Å². The summed E-state index contributed by atoms with van der Waals surface area (Å²) >= 11 is 0. The van der Waals surface area contributed by atoms with E-state index < -0.39 is 114 Å². The second-order valence-corrected chi connectivity index (χ2v) is 19.1. The molecule has 0 spiro atoms. The molecule has 23 nitrogen and oxygen atoms in total. The second-order valence-electron chi connectivity index (χ2n) is 19.1. The van der Waals surface area contributed by atoms with Crippen LogP contribution in [0.3, 0.4) is 0 Å². The van der Waals surface area contributed by atoms with Gasteiger partial charge in [-0.05, 0) is 87.5 Å². The molecule has 406 valence electrons. The lowest BCUT2D eigenvalue weighted by molar-refractivity contribution is -0.143. The number of nitrogens with one attached hydrogen (secondary N) is 6. The van der Waals surface area contributed by atoms with E-state index >= 15 is 4.39 Å². The Hall–Kier alpha value is -7.92. The number of aliphatic imine (C=N–C) groups is 2. The third-order valence-electron chi connectivity index (χ3n) is 13.3. The Labute approximate surface area is 433 Å². The second kappa shape index (κ2) is 28.5. The van der Waals surface area contributed by atoms with Crippen molar-refractivity contribution in [2.45, 2.75) is 127 Å². The van der Waals surface area contributed by atoms with Crippen molar-refractivity contribution >= 4 is 75.7 Å². The molecule has 2 aromatic carbocycles. The van der Waals surface area contributed by atoms with Gasteiger partial charge in [0, 0.05) is 81.3 Å². The molecule has 7 atom stereocenters. The molecule has 5 rings (SSSR count). The summed E-state index contributed by atoms with van der Waals surface area (Å²) in [7, 11) is 0. The number of hydrogen-bond donors (Lipinski definition) is 11. The van der Waals surface area contributed by atoms with Gasteiger partial charge in [-0.2, -0.15) is 0 Å². The van der Waals surface area contributed by atoms with Gasteiger partial charge in [-0.1, -0.05) is 36.4 Å². The van der Waals surface area contributed by atoms with E-state index in [2.05, 4.69) is 41.6 Å². The van der Waals surface area contributed by atoms with Crippen LogP contribution in [-0.4, -0.2) is 131 Å². The Balaban J connectivity index is 1.53. The molecule has 75 heavy (non-hydrogen) atoms. The van der Waals surface area contributed by atoms with E-state index in [1.807, 2.05) is 24.3 Å². The number of benzene rings is 2. The molecule has 0 saturated carbocycles. The molecule has 0 radical (unpaired) electrons. The van der Waals surface area contributed by atoms with Gasteiger partial charge in [0.25, 0.3) is 0 Å². The number of para-hydroxylation sites is 1. The Morgan fingerprint density at radius 3 is 2.17 bits per heavy atom. The first-order chi connectivity index (χ1) is 35.8. The molecule has 1 aromatic heterocycles. The van der Waals surface area contributed by atoms with Crippen molar-refractivity contribution in [1.82, 2.24) is 36.5 Å². The Bertz CT molecular complexity index is 2600. The molecule has 2 fully saturated rings. The van der Waals surface area contributed by atoms with Gasteiger partial charge in [0.2, 0.25) is 41.4 Å². The smallest absolute Gasteiger partial charge is 0.246 e. The summed E-state index contributed by atoms with van der Waals surface area (Å²) in [5.74, 6) is -9.40. The fourth-order valence-corrected chi connectivity index (χ4v) is 9.47. The zero-order chi connectivity index (χ0) is 54.6. The fourth-order valence-electron chi connectivity index (χ4n) is 9.47. The number of carbonyl (C=O) groups excluding carboxylic acids is 9. The minimum Gasteiger partial charge on any atom is -0.370 e. The number of aromatic amines is 1. The van der Waals surface area contributed by atoms with Gasteiger partial charge < -0.3 is 65.1 Å². The largest absolute Gasteiger partial charge is 0.370 e. The van der Waals surface area contributed by atoms with Crippen LogP contribution < -0.4 is 55.3 Å². The summed E-state index contributed by atoms with van der Waals surface area (Å²) in [5.41, 5.74) is 29.4. The Morgan fingerprint density at radius 2 is 1.47 bits per heavy atom. The number of amides is 7. The summed E-state index contributed by atoms with van der Waals surface area (Å²) in [5, 5.41) is 14.2. The number of ketones is 2. The van der Waals surface area contributed by atoms with E-state index in [4.69, 9.17) is 28.7 Å². The van der Waals surface area contributed by atoms with Crippen molar-refractivity contribution in [3.05, 3.63) is 71.7 Å². The highest BCUT2D eigenvalue weighted by Gasteiger charge is 2.41. The molecule has 3 heterocycles. The fraction of sp³-hybridized carbons (Fsp3) is 0.510. The summed E-state index contributed by atoms with van der Waals surface area (Å²) < 4.78 is 15.4. The number of nitrogens with zero attached hydrogens (tertiary/aromatic N) is 3. The lowest BCUT2D eigenvalue weighted by Gasteiger charge is -2.30. The van der Waals surface area contributed by atoms with Crippen molar-refractivity contribution in [3.63, 3.8) is 0 Å². The first-order valence-corrected chi connectivity index (χ1v) is 25.3. The molecule has 16 N–H and O–H groups in total. The quantitative estimate of drug-likeness (QED) is 0.0489. The maximum Gasteiger partial charge on any atom is 0.246 e.